The summed E-state index contributed by atoms with van der Waals surface area (Å²) in [5.41, 5.74) is 4.23. The molecule has 64 valence electrons. The third kappa shape index (κ3) is 1.62. The zero-order chi connectivity index (χ0) is 9.14. The molecule has 0 atom stereocenters. The summed E-state index contributed by atoms with van der Waals surface area (Å²) in [6.07, 6.45) is 0. The van der Waals surface area contributed by atoms with Crippen LogP contribution < -0.4 is 5.48 Å². The molecule has 1 aromatic rings. The van der Waals surface area contributed by atoms with E-state index in [1.165, 1.54) is 0 Å². The smallest absolute Gasteiger partial charge is 0.274 e. The lowest BCUT2D eigenvalue weighted by Crippen LogP contribution is -2.18. The highest BCUT2D eigenvalue weighted by molar-refractivity contribution is 5.93. The molecular weight excluding hydrogens is 154 g/mol. The van der Waals surface area contributed by atoms with Crippen LogP contribution in [0.1, 0.15) is 21.5 Å². The minimum Gasteiger partial charge on any atom is -0.288 e. The number of amides is 1. The Kier molecular flexibility index (Phi) is 2.45. The predicted molar refractivity (Wildman–Crippen MR) is 45.2 cm³/mol. The lowest BCUT2D eigenvalue weighted by molar-refractivity contribution is 0.0706. The second-order valence-corrected chi connectivity index (χ2v) is 2.74. The van der Waals surface area contributed by atoms with Gasteiger partial charge in [0.2, 0.25) is 0 Å². The van der Waals surface area contributed by atoms with Crippen LogP contribution in [-0.4, -0.2) is 11.1 Å². The van der Waals surface area contributed by atoms with Crippen LogP contribution in [0.3, 0.4) is 0 Å². The van der Waals surface area contributed by atoms with Crippen LogP contribution in [0.4, 0.5) is 0 Å². The Balaban J connectivity index is 3.05. The maximum Gasteiger partial charge on any atom is 0.274 e. The van der Waals surface area contributed by atoms with Crippen LogP contribution in [0.25, 0.3) is 0 Å². The highest BCUT2D eigenvalue weighted by Crippen LogP contribution is 2.09. The van der Waals surface area contributed by atoms with E-state index in [1.807, 2.05) is 19.9 Å². The van der Waals surface area contributed by atoms with Gasteiger partial charge < -0.3 is 0 Å². The maximum atomic E-state index is 10.9. The molecule has 0 saturated carbocycles. The van der Waals surface area contributed by atoms with E-state index < -0.39 is 5.91 Å². The quantitative estimate of drug-likeness (QED) is 0.488. The number of rotatable bonds is 1. The molecule has 0 unspecified atom stereocenters. The molecule has 0 spiro atoms. The van der Waals surface area contributed by atoms with E-state index in [0.717, 1.165) is 11.1 Å². The van der Waals surface area contributed by atoms with Crippen LogP contribution in [0.5, 0.6) is 0 Å². The molecule has 1 amide bonds. The highest BCUT2D eigenvalue weighted by Gasteiger charge is 2.03. The van der Waals surface area contributed by atoms with Gasteiger partial charge in [0.05, 0.1) is 0 Å². The first-order chi connectivity index (χ1) is 5.65. The summed E-state index contributed by atoms with van der Waals surface area (Å²) >= 11 is 0. The van der Waals surface area contributed by atoms with Gasteiger partial charge in [-0.1, -0.05) is 6.07 Å². The number of hydrogen-bond acceptors (Lipinski definition) is 2. The normalized spacial score (nSPS) is 9.58. The van der Waals surface area contributed by atoms with Gasteiger partial charge in [-0.3, -0.25) is 10.0 Å². The molecule has 3 nitrogen and oxygen atoms in total. The Morgan fingerprint density at radius 2 is 2.00 bits per heavy atom. The molecule has 0 fully saturated rings. The van der Waals surface area contributed by atoms with Crippen LogP contribution in [0, 0.1) is 13.8 Å². The zero-order valence-electron chi connectivity index (χ0n) is 7.09. The number of carbonyl (C=O) groups excluding carboxylic acids is 1. The minimum absolute atomic E-state index is 0.473. The standard InChI is InChI=1S/C9H11NO2/c1-6-3-4-8(5-7(6)2)9(11)10-12/h3-5,12H,1-2H3,(H,10,11). The van der Waals surface area contributed by atoms with Crippen molar-refractivity contribution in [3.63, 3.8) is 0 Å². The Morgan fingerprint density at radius 3 is 2.50 bits per heavy atom. The van der Waals surface area contributed by atoms with E-state index in [9.17, 15) is 4.79 Å². The van der Waals surface area contributed by atoms with Crippen molar-refractivity contribution in [1.82, 2.24) is 5.48 Å². The summed E-state index contributed by atoms with van der Waals surface area (Å²) in [7, 11) is 0. The van der Waals surface area contributed by atoms with Crippen molar-refractivity contribution in [1.29, 1.82) is 0 Å². The molecule has 2 N–H and O–H groups in total. The molecule has 0 aliphatic carbocycles. The summed E-state index contributed by atoms with van der Waals surface area (Å²) in [4.78, 5) is 10.9. The molecule has 0 saturated heterocycles. The van der Waals surface area contributed by atoms with Crippen molar-refractivity contribution in [2.24, 2.45) is 0 Å². The fraction of sp³-hybridized carbons (Fsp3) is 0.222. The third-order valence-electron chi connectivity index (χ3n) is 1.87. The van der Waals surface area contributed by atoms with Gasteiger partial charge in [-0.05, 0) is 37.1 Å². The number of nitrogens with one attached hydrogen (secondary N) is 1. The number of benzene rings is 1. The third-order valence-corrected chi connectivity index (χ3v) is 1.87. The second-order valence-electron chi connectivity index (χ2n) is 2.74. The van der Waals surface area contributed by atoms with E-state index in [2.05, 4.69) is 0 Å². The van der Waals surface area contributed by atoms with Gasteiger partial charge in [-0.15, -0.1) is 0 Å². The molecule has 0 bridgehead atoms. The Labute approximate surface area is 71.0 Å². The van der Waals surface area contributed by atoms with Gasteiger partial charge in [0.25, 0.3) is 5.91 Å². The second kappa shape index (κ2) is 3.36. The van der Waals surface area contributed by atoms with Crippen LogP contribution in [0.15, 0.2) is 18.2 Å². The predicted octanol–water partition coefficient (Wildman–Crippen LogP) is 1.42. The molecule has 0 heterocycles. The highest BCUT2D eigenvalue weighted by atomic mass is 16.5. The van der Waals surface area contributed by atoms with Crippen molar-refractivity contribution >= 4 is 5.91 Å². The first kappa shape index (κ1) is 8.74. The van der Waals surface area contributed by atoms with Gasteiger partial charge in [-0.2, -0.15) is 0 Å². The van der Waals surface area contributed by atoms with Gasteiger partial charge in [0.1, 0.15) is 0 Å². The largest absolute Gasteiger partial charge is 0.288 e. The molecule has 0 radical (unpaired) electrons. The van der Waals surface area contributed by atoms with Crippen LogP contribution >= 0.6 is 0 Å². The van der Waals surface area contributed by atoms with E-state index in [-0.39, 0.29) is 0 Å². The summed E-state index contributed by atoms with van der Waals surface area (Å²) in [5, 5.41) is 8.35. The fourth-order valence-electron chi connectivity index (χ4n) is 0.947. The molecular formula is C9H11NO2. The summed E-state index contributed by atoms with van der Waals surface area (Å²) in [6.45, 7) is 3.89. The average molecular weight is 165 g/mol. The van der Waals surface area contributed by atoms with Crippen molar-refractivity contribution in [2.45, 2.75) is 13.8 Å². The van der Waals surface area contributed by atoms with Crippen molar-refractivity contribution in [3.05, 3.63) is 34.9 Å². The van der Waals surface area contributed by atoms with Crippen molar-refractivity contribution < 1.29 is 10.0 Å². The topological polar surface area (TPSA) is 49.3 Å². The number of carbonyl (C=O) groups is 1. The first-order valence-corrected chi connectivity index (χ1v) is 3.67. The molecule has 1 rings (SSSR count). The van der Waals surface area contributed by atoms with Crippen LogP contribution in [0.2, 0.25) is 0 Å². The fourth-order valence-corrected chi connectivity index (χ4v) is 0.947. The van der Waals surface area contributed by atoms with Crippen LogP contribution in [-0.2, 0) is 0 Å². The van der Waals surface area contributed by atoms with E-state index in [0.29, 0.717) is 5.56 Å². The number of hydroxylamine groups is 1. The number of aryl methyl sites for hydroxylation is 2. The average Bonchev–Trinajstić information content (AvgIpc) is 2.08. The van der Waals surface area contributed by atoms with Crippen molar-refractivity contribution in [3.8, 4) is 0 Å². The molecule has 3 heteroatoms. The molecule has 0 aromatic heterocycles. The Bertz CT molecular complexity index is 307. The van der Waals surface area contributed by atoms with E-state index in [1.54, 1.807) is 17.6 Å². The molecule has 0 aliphatic heterocycles. The van der Waals surface area contributed by atoms with E-state index in [4.69, 9.17) is 5.21 Å². The molecule has 12 heavy (non-hydrogen) atoms. The molecule has 1 aromatic carbocycles. The monoisotopic (exact) mass is 165 g/mol. The summed E-state index contributed by atoms with van der Waals surface area (Å²) in [6, 6.07) is 5.26. The van der Waals surface area contributed by atoms with Gasteiger partial charge in [-0.25, -0.2) is 5.48 Å². The Hall–Kier alpha value is -1.35. The zero-order valence-corrected chi connectivity index (χ0v) is 7.09. The van der Waals surface area contributed by atoms with Crippen molar-refractivity contribution in [2.75, 3.05) is 0 Å². The first-order valence-electron chi connectivity index (χ1n) is 3.67. The van der Waals surface area contributed by atoms with Gasteiger partial charge in [0.15, 0.2) is 0 Å². The van der Waals surface area contributed by atoms with Gasteiger partial charge in [0, 0.05) is 5.56 Å². The van der Waals surface area contributed by atoms with E-state index >= 15 is 0 Å². The number of hydrogen-bond donors (Lipinski definition) is 2. The molecule has 0 aliphatic rings. The lowest BCUT2D eigenvalue weighted by atomic mass is 10.1. The maximum absolute atomic E-state index is 10.9. The summed E-state index contributed by atoms with van der Waals surface area (Å²) in [5.74, 6) is -0.474. The minimum atomic E-state index is -0.474. The lowest BCUT2D eigenvalue weighted by Gasteiger charge is -2.02. The Morgan fingerprint density at radius 1 is 1.33 bits per heavy atom. The SMILES string of the molecule is Cc1ccc(C(=O)NO)cc1C. The summed E-state index contributed by atoms with van der Waals surface area (Å²) < 4.78 is 0. The van der Waals surface area contributed by atoms with Gasteiger partial charge >= 0.3 is 0 Å².